The van der Waals surface area contributed by atoms with Crippen LogP contribution in [0.2, 0.25) is 0 Å². The van der Waals surface area contributed by atoms with Crippen LogP contribution in [0.25, 0.3) is 17.2 Å². The molecule has 0 aliphatic carbocycles. The predicted molar refractivity (Wildman–Crippen MR) is 108 cm³/mol. The number of amides is 1. The molecule has 160 valence electrons. The number of primary amides is 1. The molecule has 4 heterocycles. The molecule has 0 atom stereocenters. The first kappa shape index (κ1) is 20.4. The molecule has 0 spiro atoms. The van der Waals surface area contributed by atoms with Gasteiger partial charge in [-0.15, -0.1) is 15.3 Å². The van der Waals surface area contributed by atoms with E-state index in [0.717, 1.165) is 5.56 Å². The Balaban J connectivity index is 1.71. The standard InChI is InChI=1S/C20H21N7O4/c1-20(2,3)14-7-16-23-24-18(15-6-13(9-28)31-26-15)27(16)25-19(14)30-10-12-5-4-11(8-22-12)17(21)29/h4-8,28H,9-10H2,1-3H3,(H2,21,29). The normalized spacial score (nSPS) is 11.7. The number of aliphatic hydroxyl groups is 1. The summed E-state index contributed by atoms with van der Waals surface area (Å²) in [7, 11) is 0. The summed E-state index contributed by atoms with van der Waals surface area (Å²) in [4.78, 5) is 15.4. The first-order chi connectivity index (χ1) is 14.8. The number of hydrogen-bond donors (Lipinski definition) is 2. The number of pyridine rings is 1. The Bertz CT molecular complexity index is 1240. The van der Waals surface area contributed by atoms with Crippen molar-refractivity contribution in [2.24, 2.45) is 5.73 Å². The number of ether oxygens (including phenoxy) is 1. The number of aromatic nitrogens is 6. The van der Waals surface area contributed by atoms with E-state index < -0.39 is 5.91 Å². The quantitative estimate of drug-likeness (QED) is 0.471. The second kappa shape index (κ2) is 7.76. The Morgan fingerprint density at radius 2 is 2.06 bits per heavy atom. The van der Waals surface area contributed by atoms with Gasteiger partial charge in [0, 0.05) is 17.8 Å². The first-order valence-corrected chi connectivity index (χ1v) is 9.47. The van der Waals surface area contributed by atoms with Crippen molar-refractivity contribution >= 4 is 11.6 Å². The van der Waals surface area contributed by atoms with Crippen molar-refractivity contribution in [1.82, 2.24) is 30.0 Å². The van der Waals surface area contributed by atoms with Gasteiger partial charge in [-0.25, -0.2) is 0 Å². The van der Waals surface area contributed by atoms with Crippen molar-refractivity contribution < 1.29 is 19.2 Å². The summed E-state index contributed by atoms with van der Waals surface area (Å²) in [6, 6.07) is 6.69. The highest BCUT2D eigenvalue weighted by molar-refractivity contribution is 5.92. The molecule has 4 aromatic rings. The van der Waals surface area contributed by atoms with Crippen LogP contribution in [-0.2, 0) is 18.6 Å². The van der Waals surface area contributed by atoms with Crippen LogP contribution in [0, 0.1) is 0 Å². The zero-order valence-electron chi connectivity index (χ0n) is 17.2. The Kier molecular flexibility index (Phi) is 5.11. The molecule has 0 fully saturated rings. The van der Waals surface area contributed by atoms with E-state index in [2.05, 4.69) is 25.4 Å². The predicted octanol–water partition coefficient (Wildman–Crippen LogP) is 1.64. The monoisotopic (exact) mass is 423 g/mol. The van der Waals surface area contributed by atoms with Crippen LogP contribution in [0.3, 0.4) is 0 Å². The number of aliphatic hydroxyl groups excluding tert-OH is 1. The number of nitrogens with zero attached hydrogens (tertiary/aromatic N) is 6. The topological polar surface area (TPSA) is 155 Å². The van der Waals surface area contributed by atoms with Gasteiger partial charge in [-0.3, -0.25) is 9.78 Å². The molecule has 1 amide bonds. The van der Waals surface area contributed by atoms with E-state index in [1.54, 1.807) is 18.2 Å². The SMILES string of the molecule is CC(C)(C)c1cc2nnc(-c3cc(CO)on3)n2nc1OCc1ccc(C(N)=O)cn1. The minimum absolute atomic E-state index is 0.136. The second-order valence-electron chi connectivity index (χ2n) is 7.93. The van der Waals surface area contributed by atoms with Crippen molar-refractivity contribution in [2.75, 3.05) is 0 Å². The van der Waals surface area contributed by atoms with Gasteiger partial charge < -0.3 is 20.1 Å². The first-order valence-electron chi connectivity index (χ1n) is 9.47. The lowest BCUT2D eigenvalue weighted by Crippen LogP contribution is -2.16. The Labute approximate surface area is 176 Å². The Morgan fingerprint density at radius 1 is 1.26 bits per heavy atom. The Morgan fingerprint density at radius 3 is 2.68 bits per heavy atom. The lowest BCUT2D eigenvalue weighted by atomic mass is 9.88. The zero-order chi connectivity index (χ0) is 22.2. The van der Waals surface area contributed by atoms with Crippen LogP contribution in [0.1, 0.15) is 48.1 Å². The van der Waals surface area contributed by atoms with Crippen molar-refractivity contribution in [3.05, 3.63) is 53.0 Å². The molecule has 11 heteroatoms. The van der Waals surface area contributed by atoms with E-state index in [0.29, 0.717) is 40.1 Å². The minimum Gasteiger partial charge on any atom is -0.470 e. The number of nitrogens with two attached hydrogens (primary N) is 1. The van der Waals surface area contributed by atoms with Crippen molar-refractivity contribution in [3.63, 3.8) is 0 Å². The summed E-state index contributed by atoms with van der Waals surface area (Å²) >= 11 is 0. The number of carbonyl (C=O) groups is 1. The molecule has 31 heavy (non-hydrogen) atoms. The average molecular weight is 423 g/mol. The van der Waals surface area contributed by atoms with E-state index in [-0.39, 0.29) is 18.6 Å². The molecule has 11 nitrogen and oxygen atoms in total. The van der Waals surface area contributed by atoms with Crippen molar-refractivity contribution in [3.8, 4) is 17.4 Å². The number of fused-ring (bicyclic) bond motifs is 1. The van der Waals surface area contributed by atoms with Gasteiger partial charge in [-0.2, -0.15) is 4.52 Å². The smallest absolute Gasteiger partial charge is 0.250 e. The van der Waals surface area contributed by atoms with Crippen molar-refractivity contribution in [1.29, 1.82) is 0 Å². The van der Waals surface area contributed by atoms with Crippen molar-refractivity contribution in [2.45, 2.75) is 39.4 Å². The molecule has 0 saturated heterocycles. The molecule has 4 aromatic heterocycles. The molecule has 4 rings (SSSR count). The zero-order valence-corrected chi connectivity index (χ0v) is 17.2. The molecular formula is C20H21N7O4. The van der Waals surface area contributed by atoms with Gasteiger partial charge in [-0.05, 0) is 23.6 Å². The summed E-state index contributed by atoms with van der Waals surface area (Å²) in [6.45, 7) is 5.97. The highest BCUT2D eigenvalue weighted by Gasteiger charge is 2.24. The average Bonchev–Trinajstić information content (AvgIpc) is 3.37. The van der Waals surface area contributed by atoms with E-state index in [1.165, 1.54) is 10.7 Å². The van der Waals surface area contributed by atoms with Crippen LogP contribution in [-0.4, -0.2) is 41.0 Å². The lowest BCUT2D eigenvalue weighted by molar-refractivity contribution is 0.1000. The van der Waals surface area contributed by atoms with Gasteiger partial charge in [0.05, 0.1) is 11.3 Å². The molecule has 0 saturated carbocycles. The van der Waals surface area contributed by atoms with Crippen LogP contribution >= 0.6 is 0 Å². The van der Waals surface area contributed by atoms with Gasteiger partial charge in [0.1, 0.15) is 13.2 Å². The molecule has 0 radical (unpaired) electrons. The van der Waals surface area contributed by atoms with E-state index in [9.17, 15) is 9.90 Å². The molecule has 0 aliphatic heterocycles. The molecule has 0 aliphatic rings. The summed E-state index contributed by atoms with van der Waals surface area (Å²) in [5.74, 6) is 0.500. The molecule has 0 unspecified atom stereocenters. The largest absolute Gasteiger partial charge is 0.470 e. The maximum Gasteiger partial charge on any atom is 0.250 e. The number of hydrogen-bond acceptors (Lipinski definition) is 9. The van der Waals surface area contributed by atoms with Crippen LogP contribution in [0.5, 0.6) is 5.88 Å². The summed E-state index contributed by atoms with van der Waals surface area (Å²) in [6.07, 6.45) is 1.41. The minimum atomic E-state index is -0.542. The third kappa shape index (κ3) is 4.08. The van der Waals surface area contributed by atoms with E-state index >= 15 is 0 Å². The molecule has 0 bridgehead atoms. The van der Waals surface area contributed by atoms with E-state index in [4.69, 9.17) is 15.0 Å². The maximum atomic E-state index is 11.2. The van der Waals surface area contributed by atoms with Crippen LogP contribution < -0.4 is 10.5 Å². The van der Waals surface area contributed by atoms with Crippen LogP contribution in [0.4, 0.5) is 0 Å². The third-order valence-corrected chi connectivity index (χ3v) is 4.58. The summed E-state index contributed by atoms with van der Waals surface area (Å²) in [5, 5.41) is 26.1. The third-order valence-electron chi connectivity index (χ3n) is 4.58. The van der Waals surface area contributed by atoms with Gasteiger partial charge in [0.25, 0.3) is 0 Å². The Hall–Kier alpha value is -3.86. The maximum absolute atomic E-state index is 11.2. The fraction of sp³-hybridized carbons (Fsp3) is 0.300. The van der Waals surface area contributed by atoms with Gasteiger partial charge in [0.15, 0.2) is 17.1 Å². The van der Waals surface area contributed by atoms with Gasteiger partial charge in [-0.1, -0.05) is 25.9 Å². The van der Waals surface area contributed by atoms with Gasteiger partial charge >= 0.3 is 0 Å². The number of rotatable bonds is 6. The second-order valence-corrected chi connectivity index (χ2v) is 7.93. The number of carbonyl (C=O) groups excluding carboxylic acids is 1. The van der Waals surface area contributed by atoms with Gasteiger partial charge in [0.2, 0.25) is 17.6 Å². The fourth-order valence-electron chi connectivity index (χ4n) is 2.91. The van der Waals surface area contributed by atoms with E-state index in [1.807, 2.05) is 26.8 Å². The molecular weight excluding hydrogens is 402 g/mol. The lowest BCUT2D eigenvalue weighted by Gasteiger charge is -2.21. The highest BCUT2D eigenvalue weighted by Crippen LogP contribution is 2.32. The molecule has 0 aromatic carbocycles. The van der Waals surface area contributed by atoms with Crippen LogP contribution in [0.15, 0.2) is 35.0 Å². The summed E-state index contributed by atoms with van der Waals surface area (Å²) in [5.41, 5.74) is 7.65. The summed E-state index contributed by atoms with van der Waals surface area (Å²) < 4.78 is 12.5. The molecule has 3 N–H and O–H groups in total. The highest BCUT2D eigenvalue weighted by atomic mass is 16.5. The fourth-order valence-corrected chi connectivity index (χ4v) is 2.91.